The van der Waals surface area contributed by atoms with Crippen LogP contribution >= 0.6 is 0 Å². The lowest BCUT2D eigenvalue weighted by Crippen LogP contribution is -2.44. The van der Waals surface area contributed by atoms with Crippen LogP contribution in [-0.4, -0.2) is 30.2 Å². The molecule has 0 fully saturated rings. The summed E-state index contributed by atoms with van der Waals surface area (Å²) in [6.45, 7) is 0.732. The minimum atomic E-state index is -0.353. The molecule has 0 saturated heterocycles. The number of aryl methyl sites for hydroxylation is 2. The van der Waals surface area contributed by atoms with Gasteiger partial charge in [0.25, 0.3) is 5.56 Å². The van der Waals surface area contributed by atoms with E-state index in [0.29, 0.717) is 24.1 Å². The summed E-state index contributed by atoms with van der Waals surface area (Å²) in [6.07, 6.45) is 0.377. The molecule has 23 heavy (non-hydrogen) atoms. The molecule has 7 nitrogen and oxygen atoms in total. The van der Waals surface area contributed by atoms with Gasteiger partial charge in [0.05, 0.1) is 6.54 Å². The predicted molar refractivity (Wildman–Crippen MR) is 87.7 cm³/mol. The number of benzene rings is 1. The van der Waals surface area contributed by atoms with Gasteiger partial charge in [-0.3, -0.25) is 23.3 Å². The van der Waals surface area contributed by atoms with Gasteiger partial charge in [0.15, 0.2) is 11.2 Å². The Hall–Kier alpha value is -2.54. The van der Waals surface area contributed by atoms with Crippen molar-refractivity contribution in [2.24, 2.45) is 14.1 Å². The van der Waals surface area contributed by atoms with Gasteiger partial charge in [-0.25, -0.2) is 4.79 Å². The molecule has 0 aliphatic heterocycles. The van der Waals surface area contributed by atoms with E-state index in [2.05, 4.69) is 0 Å². The summed E-state index contributed by atoms with van der Waals surface area (Å²) in [5.41, 5.74) is 1.58. The van der Waals surface area contributed by atoms with E-state index >= 15 is 0 Å². The Morgan fingerprint density at radius 2 is 1.78 bits per heavy atom. The molecular weight excluding hydrogens is 296 g/mol. The van der Waals surface area contributed by atoms with E-state index in [1.165, 1.54) is 9.13 Å². The molecule has 0 amide bonds. The number of hydrogen-bond acceptors (Lipinski definition) is 3. The molecule has 7 heteroatoms. The first-order valence-electron chi connectivity index (χ1n) is 7.56. The second-order valence-electron chi connectivity index (χ2n) is 5.61. The number of fused-ring (bicyclic) bond motifs is 1. The molecule has 0 bridgehead atoms. The predicted octanol–water partition coefficient (Wildman–Crippen LogP) is 0.271. The zero-order valence-electron chi connectivity index (χ0n) is 13.3. The normalized spacial score (nSPS) is 11.4. The number of aliphatic hydroxyl groups excluding tert-OH is 1. The molecule has 0 unspecified atom stereocenters. The average Bonchev–Trinajstić information content (AvgIpc) is 2.56. The van der Waals surface area contributed by atoms with Crippen LogP contribution in [0.2, 0.25) is 0 Å². The van der Waals surface area contributed by atoms with E-state index in [9.17, 15) is 9.59 Å². The Bertz CT molecular complexity index is 944. The number of rotatable bonds is 5. The van der Waals surface area contributed by atoms with Gasteiger partial charge in [-0.05, 0) is 12.0 Å². The second-order valence-corrected chi connectivity index (χ2v) is 5.61. The van der Waals surface area contributed by atoms with Crippen LogP contribution in [0.1, 0.15) is 12.0 Å². The quantitative estimate of drug-likeness (QED) is 0.734. The van der Waals surface area contributed by atoms with E-state index < -0.39 is 0 Å². The van der Waals surface area contributed by atoms with Crippen LogP contribution in [0.25, 0.3) is 11.2 Å². The Balaban J connectivity index is 2.14. The molecular formula is C16H20N4O3. The average molecular weight is 316 g/mol. The van der Waals surface area contributed by atoms with E-state index in [1.54, 1.807) is 7.05 Å². The van der Waals surface area contributed by atoms with Crippen molar-refractivity contribution >= 4 is 11.2 Å². The number of hydrogen-bond donors (Lipinski definition) is 1. The van der Waals surface area contributed by atoms with Crippen LogP contribution in [0.15, 0.2) is 39.9 Å². The Morgan fingerprint density at radius 1 is 1.09 bits per heavy atom. The lowest BCUT2D eigenvalue weighted by molar-refractivity contribution is 0.277. The summed E-state index contributed by atoms with van der Waals surface area (Å²) in [7, 11) is 3.49. The largest absolute Gasteiger partial charge is 0.396 e. The van der Waals surface area contributed by atoms with Crippen molar-refractivity contribution in [3.63, 3.8) is 0 Å². The van der Waals surface area contributed by atoms with Gasteiger partial charge in [-0.2, -0.15) is 0 Å². The van der Waals surface area contributed by atoms with E-state index in [1.807, 2.05) is 46.7 Å². The molecule has 2 aromatic heterocycles. The minimum Gasteiger partial charge on any atom is -0.396 e. The fourth-order valence-corrected chi connectivity index (χ4v) is 2.92. The van der Waals surface area contributed by atoms with Gasteiger partial charge in [0, 0.05) is 27.2 Å². The maximum atomic E-state index is 12.7. The molecule has 2 heterocycles. The van der Waals surface area contributed by atoms with E-state index in [-0.39, 0.29) is 24.4 Å². The highest BCUT2D eigenvalue weighted by molar-refractivity contribution is 5.73. The van der Waals surface area contributed by atoms with Crippen molar-refractivity contribution in [1.82, 2.24) is 18.5 Å². The molecule has 1 aromatic carbocycles. The third-order valence-electron chi connectivity index (χ3n) is 4.14. The van der Waals surface area contributed by atoms with Gasteiger partial charge >= 0.3 is 5.69 Å². The maximum absolute atomic E-state index is 12.7. The van der Waals surface area contributed by atoms with Crippen LogP contribution in [-0.2, 0) is 27.2 Å². The Labute approximate surface area is 132 Å². The van der Waals surface area contributed by atoms with Gasteiger partial charge in [0.2, 0.25) is 0 Å². The van der Waals surface area contributed by atoms with Crippen molar-refractivity contribution in [2.75, 3.05) is 6.61 Å². The third kappa shape index (κ3) is 2.43. The highest BCUT2D eigenvalue weighted by Gasteiger charge is 2.21. The lowest BCUT2D eigenvalue weighted by Gasteiger charge is -2.25. The Kier molecular flexibility index (Phi) is 3.96. The molecule has 0 saturated carbocycles. The van der Waals surface area contributed by atoms with Crippen LogP contribution in [0.4, 0.5) is 0 Å². The molecule has 0 spiro atoms. The molecule has 0 atom stereocenters. The first kappa shape index (κ1) is 15.4. The summed E-state index contributed by atoms with van der Waals surface area (Å²) in [6, 6.07) is 9.85. The SMILES string of the molecule is Cn1c(=O)n(CCCO)c(=O)c2c1n(C)n2Cc1ccccc1. The minimum absolute atomic E-state index is 0.0552. The van der Waals surface area contributed by atoms with Crippen molar-refractivity contribution in [2.45, 2.75) is 19.5 Å². The summed E-state index contributed by atoms with van der Waals surface area (Å²) in [4.78, 5) is 25.0. The monoisotopic (exact) mass is 316 g/mol. The maximum Gasteiger partial charge on any atom is 0.332 e. The van der Waals surface area contributed by atoms with E-state index in [4.69, 9.17) is 5.11 Å². The highest BCUT2D eigenvalue weighted by Crippen LogP contribution is 2.14. The molecule has 3 rings (SSSR count). The van der Waals surface area contributed by atoms with Crippen molar-refractivity contribution in [3.05, 3.63) is 56.7 Å². The zero-order chi connectivity index (χ0) is 16.6. The third-order valence-corrected chi connectivity index (χ3v) is 4.14. The van der Waals surface area contributed by atoms with Crippen molar-refractivity contribution in [1.29, 1.82) is 0 Å². The first-order valence-corrected chi connectivity index (χ1v) is 7.56. The van der Waals surface area contributed by atoms with Crippen LogP contribution in [0.5, 0.6) is 0 Å². The lowest BCUT2D eigenvalue weighted by atomic mass is 10.2. The van der Waals surface area contributed by atoms with Crippen molar-refractivity contribution in [3.8, 4) is 0 Å². The van der Waals surface area contributed by atoms with Gasteiger partial charge in [0.1, 0.15) is 0 Å². The van der Waals surface area contributed by atoms with Gasteiger partial charge in [-0.15, -0.1) is 0 Å². The molecule has 0 aliphatic rings. The highest BCUT2D eigenvalue weighted by atomic mass is 16.3. The van der Waals surface area contributed by atoms with Crippen LogP contribution in [0, 0.1) is 0 Å². The molecule has 1 N–H and O–H groups in total. The standard InChI is InChI=1S/C16H20N4O3/c1-17-14-13(15(22)19(16(17)23)9-6-10-21)20(18(14)2)11-12-7-4-3-5-8-12/h3-5,7-8,21H,6,9-11H2,1-2H3. The fraction of sp³-hybridized carbons (Fsp3) is 0.375. The van der Waals surface area contributed by atoms with Crippen LogP contribution in [0.3, 0.4) is 0 Å². The summed E-state index contributed by atoms with van der Waals surface area (Å²) in [5, 5.41) is 8.96. The smallest absolute Gasteiger partial charge is 0.332 e. The topological polar surface area (TPSA) is 74.1 Å². The Morgan fingerprint density at radius 3 is 2.43 bits per heavy atom. The van der Waals surface area contributed by atoms with Gasteiger partial charge in [-0.1, -0.05) is 30.3 Å². The van der Waals surface area contributed by atoms with E-state index in [0.717, 1.165) is 5.56 Å². The first-order chi connectivity index (χ1) is 11.1. The summed E-state index contributed by atoms with van der Waals surface area (Å²) >= 11 is 0. The molecule has 0 radical (unpaired) electrons. The molecule has 0 aliphatic carbocycles. The van der Waals surface area contributed by atoms with Crippen molar-refractivity contribution < 1.29 is 5.11 Å². The summed E-state index contributed by atoms with van der Waals surface area (Å²) < 4.78 is 6.36. The molecule has 3 aromatic rings. The second kappa shape index (κ2) is 5.92. The fourth-order valence-electron chi connectivity index (χ4n) is 2.92. The zero-order valence-corrected chi connectivity index (χ0v) is 13.3. The number of aliphatic hydroxyl groups is 1. The van der Waals surface area contributed by atoms with Gasteiger partial charge < -0.3 is 5.11 Å². The van der Waals surface area contributed by atoms with Crippen LogP contribution < -0.4 is 11.2 Å². The number of aromatic nitrogens is 4. The molecule has 122 valence electrons. The summed E-state index contributed by atoms with van der Waals surface area (Å²) in [5.74, 6) is 0. The number of nitrogens with zero attached hydrogens (tertiary/aromatic N) is 4.